The van der Waals surface area contributed by atoms with Crippen LogP contribution in [0, 0.1) is 0 Å². The van der Waals surface area contributed by atoms with Crippen molar-refractivity contribution >= 4 is 27.2 Å². The maximum absolute atomic E-state index is 11.3. The van der Waals surface area contributed by atoms with Gasteiger partial charge >= 0.3 is 0 Å². The largest absolute Gasteiger partial charge is 0.299 e. The van der Waals surface area contributed by atoms with Gasteiger partial charge in [-0.05, 0) is 24.6 Å². The molecular formula is C11H13ClO3S. The Balaban J connectivity index is 3.25. The second-order valence-electron chi connectivity index (χ2n) is 3.79. The van der Waals surface area contributed by atoms with Crippen molar-refractivity contribution in [2.75, 3.05) is 6.26 Å². The molecular weight excluding hydrogens is 248 g/mol. The number of hydrogen-bond donors (Lipinski definition) is 0. The van der Waals surface area contributed by atoms with E-state index in [1.165, 1.54) is 19.1 Å². The molecule has 1 aromatic rings. The summed E-state index contributed by atoms with van der Waals surface area (Å²) < 4.78 is 22.6. The average Bonchev–Trinajstić information content (AvgIpc) is 2.14. The molecule has 0 spiro atoms. The van der Waals surface area contributed by atoms with Crippen LogP contribution in [0.15, 0.2) is 23.1 Å². The van der Waals surface area contributed by atoms with E-state index in [-0.39, 0.29) is 21.6 Å². The van der Waals surface area contributed by atoms with Crippen molar-refractivity contribution in [2.45, 2.75) is 24.7 Å². The van der Waals surface area contributed by atoms with Crippen LogP contribution in [0.3, 0.4) is 0 Å². The van der Waals surface area contributed by atoms with Gasteiger partial charge in [0.2, 0.25) is 0 Å². The minimum absolute atomic E-state index is 0.0168. The second-order valence-corrected chi connectivity index (χ2v) is 6.19. The smallest absolute Gasteiger partial charge is 0.176 e. The summed E-state index contributed by atoms with van der Waals surface area (Å²) in [5, 5.41) is 0.160. The molecule has 1 unspecified atom stereocenters. The number of carbonyl (C=O) groups excluding carboxylic acids is 1. The van der Waals surface area contributed by atoms with Gasteiger partial charge in [-0.15, -0.1) is 0 Å². The molecule has 0 aromatic heterocycles. The van der Waals surface area contributed by atoms with Crippen LogP contribution >= 0.6 is 11.6 Å². The van der Waals surface area contributed by atoms with E-state index in [0.29, 0.717) is 0 Å². The van der Waals surface area contributed by atoms with Gasteiger partial charge in [-0.1, -0.05) is 24.6 Å². The van der Waals surface area contributed by atoms with Gasteiger partial charge in [-0.25, -0.2) is 8.42 Å². The number of rotatable bonds is 3. The van der Waals surface area contributed by atoms with E-state index < -0.39 is 9.84 Å². The molecule has 0 saturated heterocycles. The van der Waals surface area contributed by atoms with Crippen LogP contribution in [0.25, 0.3) is 0 Å². The molecule has 1 aromatic carbocycles. The van der Waals surface area contributed by atoms with Crippen LogP contribution in [0.1, 0.15) is 25.3 Å². The Hall–Kier alpha value is -0.870. The first kappa shape index (κ1) is 13.2. The normalized spacial score (nSPS) is 13.5. The lowest BCUT2D eigenvalue weighted by atomic mass is 9.98. The van der Waals surface area contributed by atoms with Gasteiger partial charge in [0.25, 0.3) is 0 Å². The molecule has 88 valence electrons. The molecule has 0 radical (unpaired) electrons. The molecule has 0 saturated carbocycles. The van der Waals surface area contributed by atoms with E-state index in [2.05, 4.69) is 0 Å². The Bertz CT molecular complexity index is 520. The Morgan fingerprint density at radius 2 is 1.94 bits per heavy atom. The summed E-state index contributed by atoms with van der Waals surface area (Å²) >= 11 is 5.87. The fourth-order valence-corrected chi connectivity index (χ4v) is 2.66. The summed E-state index contributed by atoms with van der Waals surface area (Å²) in [4.78, 5) is 11.3. The second kappa shape index (κ2) is 4.55. The van der Waals surface area contributed by atoms with Gasteiger partial charge in [-0.2, -0.15) is 0 Å². The fraction of sp³-hybridized carbons (Fsp3) is 0.364. The standard InChI is InChI=1S/C11H13ClO3S/c1-7(8(2)13)9-4-5-11(10(12)6-9)16(3,14)15/h4-7H,1-3H3. The summed E-state index contributed by atoms with van der Waals surface area (Å²) in [5.74, 6) is -0.255. The van der Waals surface area contributed by atoms with Crippen LogP contribution < -0.4 is 0 Å². The third-order valence-corrected chi connectivity index (χ3v) is 4.04. The number of carbonyl (C=O) groups is 1. The van der Waals surface area contributed by atoms with E-state index in [4.69, 9.17) is 11.6 Å². The minimum atomic E-state index is -3.31. The summed E-state index contributed by atoms with van der Waals surface area (Å²) in [6.45, 7) is 3.25. The number of hydrogen-bond acceptors (Lipinski definition) is 3. The lowest BCUT2D eigenvalue weighted by Gasteiger charge is -2.10. The summed E-state index contributed by atoms with van der Waals surface area (Å²) in [5.41, 5.74) is 0.727. The van der Waals surface area contributed by atoms with E-state index in [1.54, 1.807) is 13.0 Å². The van der Waals surface area contributed by atoms with E-state index in [1.807, 2.05) is 0 Å². The maximum Gasteiger partial charge on any atom is 0.176 e. The van der Waals surface area contributed by atoms with Crippen LogP contribution in [-0.4, -0.2) is 20.5 Å². The van der Waals surface area contributed by atoms with Crippen LogP contribution in [0.2, 0.25) is 5.02 Å². The molecule has 0 aliphatic rings. The van der Waals surface area contributed by atoms with Gasteiger partial charge in [0.1, 0.15) is 5.78 Å². The zero-order valence-corrected chi connectivity index (χ0v) is 10.9. The third-order valence-electron chi connectivity index (χ3n) is 2.47. The third kappa shape index (κ3) is 2.83. The van der Waals surface area contributed by atoms with Gasteiger partial charge < -0.3 is 0 Å². The maximum atomic E-state index is 11.3. The predicted octanol–water partition coefficient (Wildman–Crippen LogP) is 2.44. The summed E-state index contributed by atoms with van der Waals surface area (Å²) in [6, 6.07) is 4.59. The monoisotopic (exact) mass is 260 g/mol. The highest BCUT2D eigenvalue weighted by atomic mass is 35.5. The minimum Gasteiger partial charge on any atom is -0.299 e. The topological polar surface area (TPSA) is 51.2 Å². The van der Waals surface area contributed by atoms with Crippen molar-refractivity contribution in [2.24, 2.45) is 0 Å². The van der Waals surface area contributed by atoms with Gasteiger partial charge in [0, 0.05) is 12.2 Å². The number of halogens is 1. The Kier molecular flexibility index (Phi) is 3.76. The van der Waals surface area contributed by atoms with Crippen molar-refractivity contribution in [1.82, 2.24) is 0 Å². The first-order chi connectivity index (χ1) is 7.23. The molecule has 0 aliphatic carbocycles. The van der Waals surface area contributed by atoms with Gasteiger partial charge in [0.15, 0.2) is 9.84 Å². The summed E-state index contributed by atoms with van der Waals surface area (Å²) in [7, 11) is -3.31. The highest BCUT2D eigenvalue weighted by Crippen LogP contribution is 2.26. The molecule has 1 rings (SSSR count). The Morgan fingerprint density at radius 1 is 1.38 bits per heavy atom. The fourth-order valence-electron chi connectivity index (χ4n) is 1.32. The van der Waals surface area contributed by atoms with Crippen molar-refractivity contribution in [1.29, 1.82) is 0 Å². The zero-order valence-electron chi connectivity index (χ0n) is 9.32. The number of ketones is 1. The lowest BCUT2D eigenvalue weighted by molar-refractivity contribution is -0.118. The van der Waals surface area contributed by atoms with Crippen molar-refractivity contribution < 1.29 is 13.2 Å². The van der Waals surface area contributed by atoms with Crippen LogP contribution in [0.4, 0.5) is 0 Å². The zero-order chi connectivity index (χ0) is 12.5. The van der Waals surface area contributed by atoms with Crippen LogP contribution in [0.5, 0.6) is 0 Å². The molecule has 0 bridgehead atoms. The highest BCUT2D eigenvalue weighted by molar-refractivity contribution is 7.90. The molecule has 1 atom stereocenters. The lowest BCUT2D eigenvalue weighted by Crippen LogP contribution is -2.05. The van der Waals surface area contributed by atoms with E-state index in [9.17, 15) is 13.2 Å². The first-order valence-electron chi connectivity index (χ1n) is 4.73. The molecule has 0 N–H and O–H groups in total. The van der Waals surface area contributed by atoms with Crippen molar-refractivity contribution in [3.8, 4) is 0 Å². The first-order valence-corrected chi connectivity index (χ1v) is 7.00. The van der Waals surface area contributed by atoms with Gasteiger partial charge in [0.05, 0.1) is 9.92 Å². The van der Waals surface area contributed by atoms with Crippen molar-refractivity contribution in [3.05, 3.63) is 28.8 Å². The molecule has 0 aliphatic heterocycles. The predicted molar refractivity (Wildman–Crippen MR) is 63.7 cm³/mol. The Morgan fingerprint density at radius 3 is 2.31 bits per heavy atom. The van der Waals surface area contributed by atoms with E-state index >= 15 is 0 Å². The number of sulfone groups is 1. The SMILES string of the molecule is CC(=O)C(C)c1ccc(S(C)(=O)=O)c(Cl)c1. The van der Waals surface area contributed by atoms with Gasteiger partial charge in [-0.3, -0.25) is 4.79 Å². The summed E-state index contributed by atoms with van der Waals surface area (Å²) in [6.07, 6.45) is 1.10. The quantitative estimate of drug-likeness (QED) is 0.839. The van der Waals surface area contributed by atoms with Crippen molar-refractivity contribution in [3.63, 3.8) is 0 Å². The molecule has 0 fully saturated rings. The molecule has 0 amide bonds. The van der Waals surface area contributed by atoms with Crippen LogP contribution in [-0.2, 0) is 14.6 Å². The van der Waals surface area contributed by atoms with E-state index in [0.717, 1.165) is 11.8 Å². The highest BCUT2D eigenvalue weighted by Gasteiger charge is 2.16. The molecule has 16 heavy (non-hydrogen) atoms. The molecule has 3 nitrogen and oxygen atoms in total. The molecule has 5 heteroatoms. The average molecular weight is 261 g/mol. The number of Topliss-reactive ketones (excluding diaryl/α,β-unsaturated/α-hetero) is 1. The Labute approximate surface area is 100 Å². The molecule has 0 heterocycles. The number of benzene rings is 1.